The number of cyclic esters (lactones) is 1. The number of alkyl carbamates (subject to hydrolysis) is 1. The third kappa shape index (κ3) is 2.20. The predicted molar refractivity (Wildman–Crippen MR) is 53.3 cm³/mol. The van der Waals surface area contributed by atoms with Crippen molar-refractivity contribution in [2.24, 2.45) is 0 Å². The summed E-state index contributed by atoms with van der Waals surface area (Å²) in [5, 5.41) is 2.01. The summed E-state index contributed by atoms with van der Waals surface area (Å²) in [7, 11) is 0. The zero-order chi connectivity index (χ0) is 12.6. The van der Waals surface area contributed by atoms with Gasteiger partial charge in [-0.15, -0.1) is 0 Å². The normalized spacial score (nSPS) is 22.8. The smallest absolute Gasteiger partial charge is 0.408 e. The van der Waals surface area contributed by atoms with Crippen LogP contribution in [0.15, 0.2) is 18.2 Å². The van der Waals surface area contributed by atoms with Crippen molar-refractivity contribution in [3.05, 3.63) is 35.1 Å². The van der Waals surface area contributed by atoms with E-state index in [1.54, 1.807) is 6.92 Å². The summed E-state index contributed by atoms with van der Waals surface area (Å²) in [5.74, 6) is -3.88. The van der Waals surface area contributed by atoms with Crippen LogP contribution in [0.2, 0.25) is 0 Å². The molecule has 1 amide bonds. The molecule has 1 heterocycles. The summed E-state index contributed by atoms with van der Waals surface area (Å²) in [6.45, 7) is 0.575. The van der Waals surface area contributed by atoms with Gasteiger partial charge >= 0.3 is 12.0 Å². The SMILES string of the molecule is Cc1ccc(F)cc1[C@@H]1NC(=O)OCC1(F)F. The van der Waals surface area contributed by atoms with E-state index in [1.165, 1.54) is 12.1 Å². The summed E-state index contributed by atoms with van der Waals surface area (Å²) in [5.41, 5.74) is 0.546. The highest BCUT2D eigenvalue weighted by atomic mass is 19.3. The van der Waals surface area contributed by atoms with Gasteiger partial charge in [-0.2, -0.15) is 0 Å². The fourth-order valence-electron chi connectivity index (χ4n) is 1.74. The Bertz CT molecular complexity index is 462. The Morgan fingerprint density at radius 1 is 1.47 bits per heavy atom. The number of ether oxygens (including phenoxy) is 1. The number of hydrogen-bond acceptors (Lipinski definition) is 2. The van der Waals surface area contributed by atoms with Crippen molar-refractivity contribution in [3.63, 3.8) is 0 Å². The van der Waals surface area contributed by atoms with Crippen LogP contribution in [0.4, 0.5) is 18.0 Å². The van der Waals surface area contributed by atoms with Crippen molar-refractivity contribution in [1.82, 2.24) is 5.32 Å². The zero-order valence-electron chi connectivity index (χ0n) is 8.97. The molecule has 0 aromatic heterocycles. The second kappa shape index (κ2) is 3.94. The molecule has 3 nitrogen and oxygen atoms in total. The zero-order valence-corrected chi connectivity index (χ0v) is 8.97. The number of carbonyl (C=O) groups excluding carboxylic acids is 1. The summed E-state index contributed by atoms with van der Waals surface area (Å²) < 4.78 is 44.4. The van der Waals surface area contributed by atoms with Gasteiger partial charge in [-0.25, -0.2) is 18.0 Å². The maximum absolute atomic E-state index is 13.6. The van der Waals surface area contributed by atoms with Crippen molar-refractivity contribution >= 4 is 6.09 Å². The van der Waals surface area contributed by atoms with Crippen LogP contribution in [0.1, 0.15) is 17.2 Å². The number of alkyl halides is 2. The summed E-state index contributed by atoms with van der Waals surface area (Å²) in [6, 6.07) is 2.01. The highest BCUT2D eigenvalue weighted by molar-refractivity contribution is 5.69. The maximum Gasteiger partial charge on any atom is 0.408 e. The average Bonchev–Trinajstić information content (AvgIpc) is 2.26. The van der Waals surface area contributed by atoms with Crippen LogP contribution in [0, 0.1) is 12.7 Å². The molecule has 1 atom stereocenters. The topological polar surface area (TPSA) is 38.3 Å². The maximum atomic E-state index is 13.6. The Hall–Kier alpha value is -1.72. The molecule has 1 aliphatic rings. The minimum Gasteiger partial charge on any atom is -0.443 e. The van der Waals surface area contributed by atoms with Gasteiger partial charge in [0.05, 0.1) is 0 Å². The third-order valence-corrected chi connectivity index (χ3v) is 2.63. The highest BCUT2D eigenvalue weighted by Crippen LogP contribution is 2.35. The molecule has 92 valence electrons. The largest absolute Gasteiger partial charge is 0.443 e. The van der Waals surface area contributed by atoms with Crippen molar-refractivity contribution in [1.29, 1.82) is 0 Å². The third-order valence-electron chi connectivity index (χ3n) is 2.63. The van der Waals surface area contributed by atoms with E-state index in [0.717, 1.165) is 6.07 Å². The van der Waals surface area contributed by atoms with Gasteiger partial charge in [-0.1, -0.05) is 6.07 Å². The minimum atomic E-state index is -3.26. The minimum absolute atomic E-state index is 0.0617. The number of nitrogens with one attached hydrogen (secondary N) is 1. The van der Waals surface area contributed by atoms with E-state index in [0.29, 0.717) is 5.56 Å². The number of amides is 1. The Morgan fingerprint density at radius 2 is 2.18 bits per heavy atom. The van der Waals surface area contributed by atoms with Gasteiger partial charge in [0, 0.05) is 0 Å². The van der Waals surface area contributed by atoms with E-state index in [4.69, 9.17) is 0 Å². The first-order chi connectivity index (χ1) is 7.90. The van der Waals surface area contributed by atoms with Gasteiger partial charge < -0.3 is 10.1 Å². The molecule has 1 saturated heterocycles. The quantitative estimate of drug-likeness (QED) is 0.825. The monoisotopic (exact) mass is 245 g/mol. The number of carbonyl (C=O) groups is 1. The molecule has 17 heavy (non-hydrogen) atoms. The van der Waals surface area contributed by atoms with Crippen LogP contribution >= 0.6 is 0 Å². The van der Waals surface area contributed by atoms with Crippen LogP contribution in [-0.4, -0.2) is 18.6 Å². The van der Waals surface area contributed by atoms with Crippen LogP contribution < -0.4 is 5.32 Å². The van der Waals surface area contributed by atoms with E-state index in [9.17, 15) is 18.0 Å². The van der Waals surface area contributed by atoms with E-state index >= 15 is 0 Å². The lowest BCUT2D eigenvalue weighted by atomic mass is 9.96. The molecule has 0 unspecified atom stereocenters. The molecule has 0 radical (unpaired) electrons. The van der Waals surface area contributed by atoms with Gasteiger partial charge in [0.2, 0.25) is 0 Å². The molecule has 1 aliphatic heterocycles. The lowest BCUT2D eigenvalue weighted by molar-refractivity contribution is -0.104. The van der Waals surface area contributed by atoms with Crippen molar-refractivity contribution in [3.8, 4) is 0 Å². The Labute approximate surface area is 95.6 Å². The molecule has 0 saturated carbocycles. The Balaban J connectivity index is 2.42. The second-order valence-electron chi connectivity index (χ2n) is 3.92. The Morgan fingerprint density at radius 3 is 2.88 bits per heavy atom. The van der Waals surface area contributed by atoms with Gasteiger partial charge in [0.1, 0.15) is 11.9 Å². The summed E-state index contributed by atoms with van der Waals surface area (Å²) in [6.07, 6.45) is -0.926. The molecule has 1 aromatic carbocycles. The molecule has 0 spiro atoms. The molecule has 1 N–H and O–H groups in total. The number of halogens is 3. The number of rotatable bonds is 1. The van der Waals surface area contributed by atoms with E-state index in [-0.39, 0.29) is 5.56 Å². The first kappa shape index (κ1) is 11.8. The van der Waals surface area contributed by atoms with Gasteiger partial charge in [0.15, 0.2) is 6.61 Å². The molecule has 0 bridgehead atoms. The highest BCUT2D eigenvalue weighted by Gasteiger charge is 2.47. The molecular weight excluding hydrogens is 235 g/mol. The molecular formula is C11H10F3NO2. The molecule has 1 aromatic rings. The second-order valence-corrected chi connectivity index (χ2v) is 3.92. The van der Waals surface area contributed by atoms with E-state index < -0.39 is 30.5 Å². The first-order valence-corrected chi connectivity index (χ1v) is 4.97. The van der Waals surface area contributed by atoms with Crippen molar-refractivity contribution < 1.29 is 22.7 Å². The lowest BCUT2D eigenvalue weighted by Crippen LogP contribution is -2.49. The fourth-order valence-corrected chi connectivity index (χ4v) is 1.74. The van der Waals surface area contributed by atoms with Crippen LogP contribution in [0.3, 0.4) is 0 Å². The van der Waals surface area contributed by atoms with E-state index in [2.05, 4.69) is 4.74 Å². The molecule has 2 rings (SSSR count). The molecule has 6 heteroatoms. The van der Waals surface area contributed by atoms with Gasteiger partial charge in [0.25, 0.3) is 0 Å². The number of benzene rings is 1. The van der Waals surface area contributed by atoms with E-state index in [1.807, 2.05) is 5.32 Å². The Kier molecular flexibility index (Phi) is 2.73. The van der Waals surface area contributed by atoms with Crippen LogP contribution in [-0.2, 0) is 4.74 Å². The lowest BCUT2D eigenvalue weighted by Gasteiger charge is -2.32. The molecule has 1 fully saturated rings. The van der Waals surface area contributed by atoms with Crippen LogP contribution in [0.25, 0.3) is 0 Å². The van der Waals surface area contributed by atoms with Crippen molar-refractivity contribution in [2.75, 3.05) is 6.61 Å². The molecule has 0 aliphatic carbocycles. The number of hydrogen-bond donors (Lipinski definition) is 1. The standard InChI is InChI=1S/C11H10F3NO2/c1-6-2-3-7(12)4-8(6)9-11(13,14)5-17-10(16)15-9/h2-4,9H,5H2,1H3,(H,15,16)/t9-/m0/s1. The van der Waals surface area contributed by atoms with Crippen LogP contribution in [0.5, 0.6) is 0 Å². The van der Waals surface area contributed by atoms with Gasteiger partial charge in [-0.05, 0) is 30.2 Å². The predicted octanol–water partition coefficient (Wildman–Crippen LogP) is 2.55. The average molecular weight is 245 g/mol. The van der Waals surface area contributed by atoms with Crippen molar-refractivity contribution in [2.45, 2.75) is 18.9 Å². The van der Waals surface area contributed by atoms with Gasteiger partial charge in [-0.3, -0.25) is 0 Å². The summed E-state index contributed by atoms with van der Waals surface area (Å²) in [4.78, 5) is 11.0. The number of aryl methyl sites for hydroxylation is 1. The summed E-state index contributed by atoms with van der Waals surface area (Å²) >= 11 is 0. The first-order valence-electron chi connectivity index (χ1n) is 4.97. The fraction of sp³-hybridized carbons (Fsp3) is 0.364.